The molecule has 0 saturated heterocycles. The topological polar surface area (TPSA) is 58.5 Å². The van der Waals surface area contributed by atoms with Crippen molar-refractivity contribution in [1.82, 2.24) is 19.7 Å². The maximum atomic E-state index is 15.8. The largest absolute Gasteiger partial charge is 0.371 e. The van der Waals surface area contributed by atoms with Gasteiger partial charge in [-0.2, -0.15) is 0 Å². The number of aromatic amines is 1. The van der Waals surface area contributed by atoms with Crippen molar-refractivity contribution in [3.63, 3.8) is 0 Å². The monoisotopic (exact) mass is 379 g/mol. The van der Waals surface area contributed by atoms with Crippen molar-refractivity contribution in [2.24, 2.45) is 0 Å². The second-order valence-electron chi connectivity index (χ2n) is 7.83. The van der Waals surface area contributed by atoms with Crippen LogP contribution in [-0.4, -0.2) is 19.7 Å². The van der Waals surface area contributed by atoms with Gasteiger partial charge in [-0.3, -0.25) is 4.57 Å². The molecular formula is C21H19F2N5. The molecule has 3 heterocycles. The lowest BCUT2D eigenvalue weighted by molar-refractivity contribution is 0.523. The van der Waals surface area contributed by atoms with Crippen molar-refractivity contribution in [2.75, 3.05) is 5.32 Å². The molecule has 5 nitrogen and oxygen atoms in total. The number of nitrogens with one attached hydrogen (secondary N) is 2. The molecule has 0 fully saturated rings. The molecule has 1 aliphatic heterocycles. The highest BCUT2D eigenvalue weighted by Crippen LogP contribution is 2.42. The summed E-state index contributed by atoms with van der Waals surface area (Å²) >= 11 is 0. The summed E-state index contributed by atoms with van der Waals surface area (Å²) in [6, 6.07) is 6.34. The lowest BCUT2D eigenvalue weighted by Crippen LogP contribution is -2.36. The SMILES string of the molecule is Cc1c[nH]c2c(-c3ccc4c(c3F)-n3c(C)nnc3C(C)(C)N4)cc(F)cc12. The van der Waals surface area contributed by atoms with E-state index < -0.39 is 17.2 Å². The maximum Gasteiger partial charge on any atom is 0.162 e. The zero-order valence-corrected chi connectivity index (χ0v) is 16.0. The van der Waals surface area contributed by atoms with Gasteiger partial charge in [0.15, 0.2) is 11.6 Å². The van der Waals surface area contributed by atoms with Crippen molar-refractivity contribution < 1.29 is 8.78 Å². The van der Waals surface area contributed by atoms with Gasteiger partial charge in [0.25, 0.3) is 0 Å². The van der Waals surface area contributed by atoms with E-state index in [1.807, 2.05) is 26.8 Å². The number of nitrogens with zero attached hydrogens (tertiary/aromatic N) is 3. The number of aromatic nitrogens is 4. The van der Waals surface area contributed by atoms with Gasteiger partial charge in [0.1, 0.15) is 17.3 Å². The Morgan fingerprint density at radius 1 is 1.04 bits per heavy atom. The first-order valence-corrected chi connectivity index (χ1v) is 9.09. The normalized spacial score (nSPS) is 14.6. The lowest BCUT2D eigenvalue weighted by Gasteiger charge is -2.34. The molecular weight excluding hydrogens is 360 g/mol. The summed E-state index contributed by atoms with van der Waals surface area (Å²) in [6.45, 7) is 7.63. The van der Waals surface area contributed by atoms with Crippen LogP contribution in [0.25, 0.3) is 27.7 Å². The van der Waals surface area contributed by atoms with E-state index in [4.69, 9.17) is 0 Å². The van der Waals surface area contributed by atoms with Crippen molar-refractivity contribution in [3.05, 3.63) is 59.3 Å². The number of H-pyrrole nitrogens is 1. The Hall–Kier alpha value is -3.22. The van der Waals surface area contributed by atoms with Crippen LogP contribution >= 0.6 is 0 Å². The minimum atomic E-state index is -0.495. The number of aryl methyl sites for hydroxylation is 2. The molecule has 0 unspecified atom stereocenters. The Balaban J connectivity index is 1.83. The van der Waals surface area contributed by atoms with Crippen LogP contribution in [0.5, 0.6) is 0 Å². The molecule has 5 rings (SSSR count). The standard InChI is InChI=1S/C21H19F2N5/c1-10-9-24-18-14(10)7-12(22)8-15(18)13-5-6-16-19(17(13)23)28-11(2)26-27-20(28)21(3,4)25-16/h5-9,24-25H,1-4H3. The molecule has 7 heteroatoms. The number of halogens is 2. The van der Waals surface area contributed by atoms with Crippen LogP contribution in [0.15, 0.2) is 30.5 Å². The quantitative estimate of drug-likeness (QED) is 0.491. The Morgan fingerprint density at radius 3 is 2.61 bits per heavy atom. The Morgan fingerprint density at radius 2 is 1.82 bits per heavy atom. The summed E-state index contributed by atoms with van der Waals surface area (Å²) < 4.78 is 31.9. The van der Waals surface area contributed by atoms with E-state index in [0.717, 1.165) is 10.9 Å². The van der Waals surface area contributed by atoms with E-state index >= 15 is 4.39 Å². The van der Waals surface area contributed by atoms with Gasteiger partial charge >= 0.3 is 0 Å². The van der Waals surface area contributed by atoms with Crippen LogP contribution in [0.2, 0.25) is 0 Å². The van der Waals surface area contributed by atoms with E-state index in [9.17, 15) is 4.39 Å². The molecule has 0 radical (unpaired) electrons. The van der Waals surface area contributed by atoms with E-state index in [0.29, 0.717) is 39.7 Å². The zero-order chi connectivity index (χ0) is 19.8. The van der Waals surface area contributed by atoms with Crippen LogP contribution in [0.1, 0.15) is 31.1 Å². The zero-order valence-electron chi connectivity index (χ0n) is 16.0. The van der Waals surface area contributed by atoms with E-state index in [2.05, 4.69) is 20.5 Å². The molecule has 0 saturated carbocycles. The molecule has 2 aromatic heterocycles. The van der Waals surface area contributed by atoms with Crippen LogP contribution < -0.4 is 5.32 Å². The molecule has 0 atom stereocenters. The maximum absolute atomic E-state index is 15.8. The Bertz CT molecular complexity index is 1270. The van der Waals surface area contributed by atoms with Crippen LogP contribution in [0.3, 0.4) is 0 Å². The average Bonchev–Trinajstić information content (AvgIpc) is 3.19. The molecule has 0 spiro atoms. The van der Waals surface area contributed by atoms with Crippen molar-refractivity contribution in [2.45, 2.75) is 33.2 Å². The predicted octanol–water partition coefficient (Wildman–Crippen LogP) is 4.97. The van der Waals surface area contributed by atoms with Crippen LogP contribution in [0, 0.1) is 25.5 Å². The van der Waals surface area contributed by atoms with E-state index in [1.165, 1.54) is 12.1 Å². The summed E-state index contributed by atoms with van der Waals surface area (Å²) in [6.07, 6.45) is 1.80. The number of benzene rings is 2. The lowest BCUT2D eigenvalue weighted by atomic mass is 9.96. The summed E-state index contributed by atoms with van der Waals surface area (Å²) in [5.41, 5.74) is 2.94. The molecule has 28 heavy (non-hydrogen) atoms. The summed E-state index contributed by atoms with van der Waals surface area (Å²) in [5.74, 6) is 0.391. The van der Waals surface area contributed by atoms with Crippen LogP contribution in [0.4, 0.5) is 14.5 Å². The highest BCUT2D eigenvalue weighted by atomic mass is 19.1. The highest BCUT2D eigenvalue weighted by Gasteiger charge is 2.36. The highest BCUT2D eigenvalue weighted by molar-refractivity contribution is 5.97. The van der Waals surface area contributed by atoms with Gasteiger partial charge in [-0.1, -0.05) is 0 Å². The first kappa shape index (κ1) is 16.9. The molecule has 2 N–H and O–H groups in total. The first-order valence-electron chi connectivity index (χ1n) is 9.09. The fraction of sp³-hybridized carbons (Fsp3) is 0.238. The minimum absolute atomic E-state index is 0.325. The van der Waals surface area contributed by atoms with Gasteiger partial charge in [-0.15, -0.1) is 10.2 Å². The van der Waals surface area contributed by atoms with Gasteiger partial charge in [0.2, 0.25) is 0 Å². The smallest absolute Gasteiger partial charge is 0.162 e. The van der Waals surface area contributed by atoms with E-state index in [-0.39, 0.29) is 0 Å². The Labute approximate surface area is 160 Å². The third-order valence-corrected chi connectivity index (χ3v) is 5.42. The first-order chi connectivity index (χ1) is 13.3. The van der Waals surface area contributed by atoms with Crippen molar-refractivity contribution in [3.8, 4) is 16.8 Å². The van der Waals surface area contributed by atoms with Gasteiger partial charge in [0, 0.05) is 22.7 Å². The fourth-order valence-corrected chi connectivity index (χ4v) is 4.06. The number of rotatable bonds is 1. The molecule has 4 aromatic rings. The van der Waals surface area contributed by atoms with E-state index in [1.54, 1.807) is 23.8 Å². The second-order valence-corrected chi connectivity index (χ2v) is 7.83. The third kappa shape index (κ3) is 2.16. The van der Waals surface area contributed by atoms with Gasteiger partial charge in [-0.05, 0) is 57.5 Å². The van der Waals surface area contributed by atoms with Crippen LogP contribution in [-0.2, 0) is 5.54 Å². The third-order valence-electron chi connectivity index (χ3n) is 5.42. The predicted molar refractivity (Wildman–Crippen MR) is 105 cm³/mol. The minimum Gasteiger partial charge on any atom is -0.371 e. The average molecular weight is 379 g/mol. The van der Waals surface area contributed by atoms with Crippen molar-refractivity contribution in [1.29, 1.82) is 0 Å². The van der Waals surface area contributed by atoms with Gasteiger partial charge in [-0.25, -0.2) is 8.78 Å². The molecule has 1 aliphatic rings. The molecule has 142 valence electrons. The van der Waals surface area contributed by atoms with Crippen molar-refractivity contribution >= 4 is 16.6 Å². The summed E-state index contributed by atoms with van der Waals surface area (Å²) in [5, 5.41) is 12.5. The number of hydrogen-bond acceptors (Lipinski definition) is 3. The number of fused-ring (bicyclic) bond motifs is 4. The molecule has 0 amide bonds. The Kier molecular flexibility index (Phi) is 3.27. The summed E-state index contributed by atoms with van der Waals surface area (Å²) in [4.78, 5) is 3.15. The summed E-state index contributed by atoms with van der Waals surface area (Å²) in [7, 11) is 0. The van der Waals surface area contributed by atoms with Gasteiger partial charge in [0.05, 0.1) is 16.7 Å². The number of anilines is 1. The second kappa shape index (κ2) is 5.41. The number of hydrogen-bond donors (Lipinski definition) is 2. The molecule has 2 aromatic carbocycles. The van der Waals surface area contributed by atoms with Gasteiger partial charge < -0.3 is 10.3 Å². The molecule has 0 aliphatic carbocycles. The molecule has 0 bridgehead atoms. The fourth-order valence-electron chi connectivity index (χ4n) is 4.06.